The minimum atomic E-state index is 0.517. The molecule has 0 aromatic carbocycles. The maximum absolute atomic E-state index is 6.21. The molecule has 0 aliphatic heterocycles. The van der Waals surface area contributed by atoms with E-state index in [0.29, 0.717) is 12.0 Å². The Balaban J connectivity index is 1.88. The Morgan fingerprint density at radius 1 is 1.06 bits per heavy atom. The molecule has 0 radical (unpaired) electrons. The fourth-order valence-corrected chi connectivity index (χ4v) is 3.98. The van der Waals surface area contributed by atoms with Crippen LogP contribution >= 0.6 is 11.8 Å². The molecule has 2 atom stereocenters. The van der Waals surface area contributed by atoms with Crippen molar-refractivity contribution in [3.8, 4) is 0 Å². The van der Waals surface area contributed by atoms with Gasteiger partial charge in [0.15, 0.2) is 0 Å². The molecular formula is C14H26N2S. The Hall–Kier alpha value is -0.180. The third-order valence-electron chi connectivity index (χ3n) is 4.29. The van der Waals surface area contributed by atoms with E-state index in [2.05, 4.69) is 6.26 Å². The number of hydrogen-bond donors (Lipinski definition) is 1. The van der Waals surface area contributed by atoms with Crippen LogP contribution in [0, 0.1) is 5.92 Å². The summed E-state index contributed by atoms with van der Waals surface area (Å²) < 4.78 is 0. The third-order valence-corrected chi connectivity index (χ3v) is 5.38. The molecule has 2 saturated carbocycles. The van der Waals surface area contributed by atoms with E-state index in [1.165, 1.54) is 57.8 Å². The molecule has 2 aliphatic rings. The van der Waals surface area contributed by atoms with Crippen molar-refractivity contribution in [3.05, 3.63) is 0 Å². The van der Waals surface area contributed by atoms with Crippen molar-refractivity contribution in [1.82, 2.24) is 0 Å². The molecule has 3 heteroatoms. The van der Waals surface area contributed by atoms with Crippen molar-refractivity contribution >= 4 is 17.6 Å². The average molecular weight is 254 g/mol. The van der Waals surface area contributed by atoms with Crippen LogP contribution in [-0.2, 0) is 0 Å². The largest absolute Gasteiger partial charge is 0.387 e. The summed E-state index contributed by atoms with van der Waals surface area (Å²) in [4.78, 5) is 4.84. The molecule has 2 N–H and O–H groups in total. The maximum Gasteiger partial charge on any atom is 0.0971 e. The van der Waals surface area contributed by atoms with Crippen LogP contribution in [-0.4, -0.2) is 23.4 Å². The summed E-state index contributed by atoms with van der Waals surface area (Å²) in [5.74, 6) is 1.56. The van der Waals surface area contributed by atoms with Gasteiger partial charge in [-0.2, -0.15) is 11.8 Å². The van der Waals surface area contributed by atoms with Gasteiger partial charge in [-0.05, 0) is 38.4 Å². The van der Waals surface area contributed by atoms with E-state index in [9.17, 15) is 0 Å². The Morgan fingerprint density at radius 3 is 2.53 bits per heavy atom. The van der Waals surface area contributed by atoms with Crippen molar-refractivity contribution in [3.63, 3.8) is 0 Å². The van der Waals surface area contributed by atoms with Gasteiger partial charge >= 0.3 is 0 Å². The van der Waals surface area contributed by atoms with E-state index in [1.807, 2.05) is 11.8 Å². The van der Waals surface area contributed by atoms with Gasteiger partial charge in [0.1, 0.15) is 0 Å². The lowest BCUT2D eigenvalue weighted by atomic mass is 9.88. The lowest BCUT2D eigenvalue weighted by Gasteiger charge is -2.27. The first-order valence-corrected chi connectivity index (χ1v) is 8.44. The second-order valence-electron chi connectivity index (χ2n) is 5.57. The Labute approximate surface area is 110 Å². The summed E-state index contributed by atoms with van der Waals surface area (Å²) in [6.45, 7) is 0. The molecule has 0 aromatic heterocycles. The molecule has 2 aliphatic carbocycles. The smallest absolute Gasteiger partial charge is 0.0971 e. The lowest BCUT2D eigenvalue weighted by Crippen LogP contribution is -2.29. The van der Waals surface area contributed by atoms with Gasteiger partial charge in [-0.3, -0.25) is 4.99 Å². The molecule has 2 fully saturated rings. The van der Waals surface area contributed by atoms with Crippen LogP contribution in [0.15, 0.2) is 4.99 Å². The van der Waals surface area contributed by atoms with Crippen LogP contribution < -0.4 is 5.73 Å². The molecule has 2 rings (SSSR count). The summed E-state index contributed by atoms with van der Waals surface area (Å²) in [5.41, 5.74) is 6.21. The predicted octanol–water partition coefficient (Wildman–Crippen LogP) is 3.60. The van der Waals surface area contributed by atoms with Crippen LogP contribution in [0.1, 0.15) is 57.8 Å². The molecule has 0 saturated heterocycles. The highest BCUT2D eigenvalue weighted by atomic mass is 32.2. The van der Waals surface area contributed by atoms with Gasteiger partial charge < -0.3 is 5.73 Å². The van der Waals surface area contributed by atoms with Crippen molar-refractivity contribution in [2.75, 3.05) is 6.26 Å². The normalized spacial score (nSPS) is 32.6. The van der Waals surface area contributed by atoms with Crippen molar-refractivity contribution in [2.45, 2.75) is 69.1 Å². The Kier molecular flexibility index (Phi) is 5.20. The monoisotopic (exact) mass is 254 g/mol. The first kappa shape index (κ1) is 13.3. The summed E-state index contributed by atoms with van der Waals surface area (Å²) in [6.07, 6.45) is 14.1. The minimum Gasteiger partial charge on any atom is -0.387 e. The Morgan fingerprint density at radius 2 is 1.82 bits per heavy atom. The molecule has 0 heterocycles. The van der Waals surface area contributed by atoms with Gasteiger partial charge in [0.25, 0.3) is 0 Å². The van der Waals surface area contributed by atoms with E-state index >= 15 is 0 Å². The fraction of sp³-hybridized carbons (Fsp3) is 0.929. The third kappa shape index (κ3) is 3.90. The predicted molar refractivity (Wildman–Crippen MR) is 77.8 cm³/mol. The molecule has 0 spiro atoms. The summed E-state index contributed by atoms with van der Waals surface area (Å²) in [5, 5.41) is 0.816. The fourth-order valence-electron chi connectivity index (χ4n) is 3.17. The quantitative estimate of drug-likeness (QED) is 0.617. The van der Waals surface area contributed by atoms with Crippen molar-refractivity contribution < 1.29 is 0 Å². The average Bonchev–Trinajstić information content (AvgIpc) is 2.40. The molecule has 0 aromatic rings. The van der Waals surface area contributed by atoms with Crippen LogP contribution in [0.3, 0.4) is 0 Å². The zero-order valence-electron chi connectivity index (χ0n) is 11.0. The molecule has 2 nitrogen and oxygen atoms in total. The highest BCUT2D eigenvalue weighted by Crippen LogP contribution is 2.30. The molecule has 2 unspecified atom stereocenters. The standard InChI is InChI=1S/C14H26N2S/c1-17-13-9-5-8-12(10-13)16-14(15)11-6-3-2-4-7-11/h11-13H,2-10H2,1H3,(H2,15,16). The number of aliphatic imine (C=N–C) groups is 1. The topological polar surface area (TPSA) is 38.4 Å². The molecular weight excluding hydrogens is 228 g/mol. The summed E-state index contributed by atoms with van der Waals surface area (Å²) in [6, 6.07) is 0.517. The number of thioether (sulfide) groups is 1. The van der Waals surface area contributed by atoms with Gasteiger partial charge in [-0.1, -0.05) is 25.7 Å². The van der Waals surface area contributed by atoms with Crippen LogP contribution in [0.5, 0.6) is 0 Å². The van der Waals surface area contributed by atoms with Gasteiger partial charge in [-0.15, -0.1) is 0 Å². The second-order valence-corrected chi connectivity index (χ2v) is 6.71. The number of hydrogen-bond acceptors (Lipinski definition) is 2. The zero-order valence-corrected chi connectivity index (χ0v) is 11.8. The van der Waals surface area contributed by atoms with Crippen LogP contribution in [0.2, 0.25) is 0 Å². The SMILES string of the molecule is CSC1CCCC(N=C(N)C2CCCCC2)C1. The van der Waals surface area contributed by atoms with Crippen LogP contribution in [0.25, 0.3) is 0 Å². The number of nitrogens with two attached hydrogens (primary N) is 1. The molecule has 17 heavy (non-hydrogen) atoms. The molecule has 0 bridgehead atoms. The van der Waals surface area contributed by atoms with E-state index < -0.39 is 0 Å². The van der Waals surface area contributed by atoms with E-state index in [0.717, 1.165) is 11.1 Å². The van der Waals surface area contributed by atoms with Gasteiger partial charge in [0, 0.05) is 11.2 Å². The van der Waals surface area contributed by atoms with Crippen molar-refractivity contribution in [1.29, 1.82) is 0 Å². The second kappa shape index (κ2) is 6.67. The van der Waals surface area contributed by atoms with Gasteiger partial charge in [0.2, 0.25) is 0 Å². The first-order valence-electron chi connectivity index (χ1n) is 7.15. The Bertz CT molecular complexity index is 259. The van der Waals surface area contributed by atoms with E-state index in [-0.39, 0.29) is 0 Å². The summed E-state index contributed by atoms with van der Waals surface area (Å²) >= 11 is 2.00. The zero-order chi connectivity index (χ0) is 12.1. The highest BCUT2D eigenvalue weighted by molar-refractivity contribution is 7.99. The maximum atomic E-state index is 6.21. The number of nitrogens with zero attached hydrogens (tertiary/aromatic N) is 1. The molecule has 98 valence electrons. The first-order chi connectivity index (χ1) is 8.29. The van der Waals surface area contributed by atoms with E-state index in [1.54, 1.807) is 0 Å². The summed E-state index contributed by atoms with van der Waals surface area (Å²) in [7, 11) is 0. The van der Waals surface area contributed by atoms with Crippen LogP contribution in [0.4, 0.5) is 0 Å². The highest BCUT2D eigenvalue weighted by Gasteiger charge is 2.23. The lowest BCUT2D eigenvalue weighted by molar-refractivity contribution is 0.423. The molecule has 0 amide bonds. The van der Waals surface area contributed by atoms with Gasteiger partial charge in [-0.25, -0.2) is 0 Å². The number of amidine groups is 1. The van der Waals surface area contributed by atoms with Gasteiger partial charge in [0.05, 0.1) is 11.9 Å². The van der Waals surface area contributed by atoms with E-state index in [4.69, 9.17) is 10.7 Å². The number of rotatable bonds is 3. The van der Waals surface area contributed by atoms with Crippen molar-refractivity contribution in [2.24, 2.45) is 16.6 Å². The minimum absolute atomic E-state index is 0.517.